The predicted octanol–water partition coefficient (Wildman–Crippen LogP) is 4.46. The Hall–Kier alpha value is -2.17. The molecule has 0 spiro atoms. The fourth-order valence-electron chi connectivity index (χ4n) is 2.76. The quantitative estimate of drug-likeness (QED) is 0.743. The van der Waals surface area contributed by atoms with Gasteiger partial charge in [0.15, 0.2) is 0 Å². The maximum absolute atomic E-state index is 13.2. The van der Waals surface area contributed by atoms with Crippen LogP contribution in [0.1, 0.15) is 62.3 Å². The van der Waals surface area contributed by atoms with E-state index in [4.69, 9.17) is 0 Å². The molecule has 2 aromatic rings. The Bertz CT molecular complexity index is 704. The summed E-state index contributed by atoms with van der Waals surface area (Å²) in [6.45, 7) is 12.1. The lowest BCUT2D eigenvalue weighted by Gasteiger charge is -2.25. The Labute approximate surface area is 149 Å². The molecule has 0 atom stereocenters. The van der Waals surface area contributed by atoms with Gasteiger partial charge < -0.3 is 4.90 Å². The standard InChI is InChI=1S/C20H28FN3O/c1-6-24-19(11-18(22-24)15(4)5)20(25)23(12-14(2)3)13-16-7-9-17(21)10-8-16/h7-11,14-15H,6,12-13H2,1-5H3. The third kappa shape index (κ3) is 4.91. The van der Waals surface area contributed by atoms with Gasteiger partial charge in [0, 0.05) is 19.6 Å². The van der Waals surface area contributed by atoms with E-state index in [0.717, 1.165) is 11.3 Å². The molecule has 0 saturated carbocycles. The normalized spacial score (nSPS) is 11.4. The van der Waals surface area contributed by atoms with Gasteiger partial charge in [-0.2, -0.15) is 5.10 Å². The second kappa shape index (κ2) is 8.28. The number of aromatic nitrogens is 2. The van der Waals surface area contributed by atoms with Gasteiger partial charge >= 0.3 is 0 Å². The molecule has 0 radical (unpaired) electrons. The summed E-state index contributed by atoms with van der Waals surface area (Å²) in [5, 5.41) is 4.55. The van der Waals surface area contributed by atoms with Crippen LogP contribution in [0.4, 0.5) is 4.39 Å². The van der Waals surface area contributed by atoms with Crippen molar-refractivity contribution in [3.63, 3.8) is 0 Å². The van der Waals surface area contributed by atoms with Crippen LogP contribution in [0.5, 0.6) is 0 Å². The Morgan fingerprint density at radius 2 is 1.84 bits per heavy atom. The highest BCUT2D eigenvalue weighted by Gasteiger charge is 2.22. The summed E-state index contributed by atoms with van der Waals surface area (Å²) in [6, 6.07) is 8.22. The summed E-state index contributed by atoms with van der Waals surface area (Å²) in [4.78, 5) is 15.0. The van der Waals surface area contributed by atoms with Gasteiger partial charge in [-0.05, 0) is 42.5 Å². The fraction of sp³-hybridized carbons (Fsp3) is 0.500. The summed E-state index contributed by atoms with van der Waals surface area (Å²) in [6.07, 6.45) is 0. The zero-order chi connectivity index (χ0) is 18.6. The van der Waals surface area contributed by atoms with E-state index in [1.165, 1.54) is 12.1 Å². The molecule has 0 fully saturated rings. The maximum Gasteiger partial charge on any atom is 0.272 e. The molecule has 0 aliphatic rings. The highest BCUT2D eigenvalue weighted by Crippen LogP contribution is 2.18. The first kappa shape index (κ1) is 19.2. The number of carbonyl (C=O) groups is 1. The molecule has 1 amide bonds. The molecular formula is C20H28FN3O. The van der Waals surface area contributed by atoms with E-state index in [9.17, 15) is 9.18 Å². The van der Waals surface area contributed by atoms with Crippen molar-refractivity contribution >= 4 is 5.91 Å². The number of rotatable bonds is 7. The van der Waals surface area contributed by atoms with E-state index in [-0.39, 0.29) is 17.6 Å². The molecule has 1 aromatic heterocycles. The molecule has 0 aliphatic heterocycles. The fourth-order valence-corrected chi connectivity index (χ4v) is 2.76. The van der Waals surface area contributed by atoms with Crippen molar-refractivity contribution in [1.29, 1.82) is 0 Å². The van der Waals surface area contributed by atoms with Gasteiger partial charge in [-0.25, -0.2) is 4.39 Å². The minimum Gasteiger partial charge on any atom is -0.333 e. The first-order chi connectivity index (χ1) is 11.8. The van der Waals surface area contributed by atoms with E-state index in [2.05, 4.69) is 32.8 Å². The number of amides is 1. The lowest BCUT2D eigenvalue weighted by molar-refractivity contribution is 0.0710. The zero-order valence-corrected chi connectivity index (χ0v) is 15.8. The number of hydrogen-bond donors (Lipinski definition) is 0. The van der Waals surface area contributed by atoms with Crippen LogP contribution < -0.4 is 0 Å². The van der Waals surface area contributed by atoms with Crippen molar-refractivity contribution in [2.24, 2.45) is 5.92 Å². The van der Waals surface area contributed by atoms with Gasteiger partial charge in [0.1, 0.15) is 11.5 Å². The maximum atomic E-state index is 13.2. The van der Waals surface area contributed by atoms with Crippen molar-refractivity contribution in [2.75, 3.05) is 6.54 Å². The minimum absolute atomic E-state index is 0.0284. The molecule has 25 heavy (non-hydrogen) atoms. The lowest BCUT2D eigenvalue weighted by Crippen LogP contribution is -2.35. The van der Waals surface area contributed by atoms with Gasteiger partial charge in [-0.3, -0.25) is 9.48 Å². The van der Waals surface area contributed by atoms with E-state index in [0.29, 0.717) is 31.2 Å². The molecule has 2 rings (SSSR count). The molecule has 1 heterocycles. The predicted molar refractivity (Wildman–Crippen MR) is 98.0 cm³/mol. The van der Waals surface area contributed by atoms with Crippen LogP contribution in [0, 0.1) is 11.7 Å². The Kier molecular flexibility index (Phi) is 6.34. The van der Waals surface area contributed by atoms with Crippen LogP contribution in [-0.4, -0.2) is 27.1 Å². The molecule has 1 aromatic carbocycles. The molecule has 0 unspecified atom stereocenters. The zero-order valence-electron chi connectivity index (χ0n) is 15.8. The lowest BCUT2D eigenvalue weighted by atomic mass is 10.1. The Morgan fingerprint density at radius 1 is 1.20 bits per heavy atom. The number of hydrogen-bond acceptors (Lipinski definition) is 2. The van der Waals surface area contributed by atoms with Gasteiger partial charge in [0.2, 0.25) is 0 Å². The Morgan fingerprint density at radius 3 is 2.36 bits per heavy atom. The molecule has 0 N–H and O–H groups in total. The van der Waals surface area contributed by atoms with E-state index < -0.39 is 0 Å². The van der Waals surface area contributed by atoms with Gasteiger partial charge in [-0.1, -0.05) is 39.8 Å². The van der Waals surface area contributed by atoms with Crippen LogP contribution in [0.15, 0.2) is 30.3 Å². The van der Waals surface area contributed by atoms with Gasteiger partial charge in [0.05, 0.1) is 5.69 Å². The Balaban J connectivity index is 2.30. The largest absolute Gasteiger partial charge is 0.333 e. The van der Waals surface area contributed by atoms with Gasteiger partial charge in [0.25, 0.3) is 5.91 Å². The molecule has 5 heteroatoms. The van der Waals surface area contributed by atoms with Crippen molar-refractivity contribution in [1.82, 2.24) is 14.7 Å². The van der Waals surface area contributed by atoms with Gasteiger partial charge in [-0.15, -0.1) is 0 Å². The SMILES string of the molecule is CCn1nc(C(C)C)cc1C(=O)N(Cc1ccc(F)cc1)CC(C)C. The summed E-state index contributed by atoms with van der Waals surface area (Å²) < 4.78 is 14.9. The van der Waals surface area contributed by atoms with E-state index in [1.807, 2.05) is 17.9 Å². The summed E-state index contributed by atoms with van der Waals surface area (Å²) >= 11 is 0. The van der Waals surface area contributed by atoms with E-state index >= 15 is 0 Å². The number of benzene rings is 1. The number of nitrogens with zero attached hydrogens (tertiary/aromatic N) is 3. The average Bonchev–Trinajstić information content (AvgIpc) is 2.99. The molecule has 0 saturated heterocycles. The van der Waals surface area contributed by atoms with Crippen LogP contribution >= 0.6 is 0 Å². The highest BCUT2D eigenvalue weighted by molar-refractivity contribution is 5.92. The minimum atomic E-state index is -0.267. The number of carbonyl (C=O) groups excluding carboxylic acids is 1. The first-order valence-electron chi connectivity index (χ1n) is 8.93. The average molecular weight is 345 g/mol. The number of aryl methyl sites for hydroxylation is 1. The molecule has 136 valence electrons. The summed E-state index contributed by atoms with van der Waals surface area (Å²) in [5.74, 6) is 0.317. The molecule has 4 nitrogen and oxygen atoms in total. The third-order valence-electron chi connectivity index (χ3n) is 4.07. The van der Waals surface area contributed by atoms with Crippen molar-refractivity contribution in [2.45, 2.75) is 53.6 Å². The van der Waals surface area contributed by atoms with Crippen LogP contribution in [0.2, 0.25) is 0 Å². The smallest absolute Gasteiger partial charge is 0.272 e. The third-order valence-corrected chi connectivity index (χ3v) is 4.07. The van der Waals surface area contributed by atoms with Crippen LogP contribution in [-0.2, 0) is 13.1 Å². The molecule has 0 aliphatic carbocycles. The second-order valence-electron chi connectivity index (χ2n) is 7.13. The van der Waals surface area contributed by atoms with Crippen LogP contribution in [0.3, 0.4) is 0 Å². The molecular weight excluding hydrogens is 317 g/mol. The summed E-state index contributed by atoms with van der Waals surface area (Å²) in [7, 11) is 0. The van der Waals surface area contributed by atoms with Crippen molar-refractivity contribution in [3.05, 3.63) is 53.1 Å². The monoisotopic (exact) mass is 345 g/mol. The van der Waals surface area contributed by atoms with Crippen LogP contribution in [0.25, 0.3) is 0 Å². The van der Waals surface area contributed by atoms with Crippen molar-refractivity contribution < 1.29 is 9.18 Å². The van der Waals surface area contributed by atoms with E-state index in [1.54, 1.807) is 16.8 Å². The molecule has 0 bridgehead atoms. The highest BCUT2D eigenvalue weighted by atomic mass is 19.1. The first-order valence-corrected chi connectivity index (χ1v) is 8.93. The number of halogens is 1. The topological polar surface area (TPSA) is 38.1 Å². The second-order valence-corrected chi connectivity index (χ2v) is 7.13. The summed E-state index contributed by atoms with van der Waals surface area (Å²) in [5.41, 5.74) is 2.47. The van der Waals surface area contributed by atoms with Crippen molar-refractivity contribution in [3.8, 4) is 0 Å².